The Balaban J connectivity index is 1.67. The number of rotatable bonds is 2. The van der Waals surface area contributed by atoms with Gasteiger partial charge in [-0.05, 0) is 81.8 Å². The van der Waals surface area contributed by atoms with Crippen LogP contribution in [-0.4, -0.2) is 10.1 Å². The van der Waals surface area contributed by atoms with Crippen LogP contribution in [0.2, 0.25) is 0 Å². The number of halogens is 1. The molecule has 1 heterocycles. The van der Waals surface area contributed by atoms with Gasteiger partial charge in [-0.15, -0.1) is 0 Å². The van der Waals surface area contributed by atoms with Gasteiger partial charge in [-0.1, -0.05) is 13.8 Å². The van der Waals surface area contributed by atoms with Crippen molar-refractivity contribution in [2.75, 3.05) is 0 Å². The fraction of sp³-hybridized carbons (Fsp3) is 0.867. The fourth-order valence-electron chi connectivity index (χ4n) is 6.51. The van der Waals surface area contributed by atoms with Gasteiger partial charge in [-0.25, -0.2) is 0 Å². The van der Waals surface area contributed by atoms with Crippen LogP contribution in [0.15, 0.2) is 9.26 Å². The summed E-state index contributed by atoms with van der Waals surface area (Å²) in [5.74, 6) is 1.75. The zero-order valence-electron chi connectivity index (χ0n) is 11.7. The topological polar surface area (TPSA) is 38.9 Å². The van der Waals surface area contributed by atoms with E-state index < -0.39 is 0 Å². The van der Waals surface area contributed by atoms with E-state index in [1.807, 2.05) is 0 Å². The van der Waals surface area contributed by atoms with Crippen LogP contribution in [0.4, 0.5) is 0 Å². The lowest BCUT2D eigenvalue weighted by Gasteiger charge is -2.65. The van der Waals surface area contributed by atoms with Crippen molar-refractivity contribution in [1.82, 2.24) is 10.1 Å². The molecule has 1 aromatic rings. The molecule has 0 spiro atoms. The molecular weight excluding hydrogens is 304 g/mol. The minimum absolute atomic E-state index is 0.425. The first-order valence-electron chi connectivity index (χ1n) is 7.36. The molecule has 19 heavy (non-hydrogen) atoms. The van der Waals surface area contributed by atoms with Crippen molar-refractivity contribution in [3.05, 3.63) is 10.6 Å². The lowest BCUT2D eigenvalue weighted by atomic mass is 9.40. The van der Waals surface area contributed by atoms with E-state index in [4.69, 9.17) is 4.52 Å². The highest BCUT2D eigenvalue weighted by molar-refractivity contribution is 9.10. The molecule has 4 fully saturated rings. The van der Waals surface area contributed by atoms with Crippen LogP contribution in [0.25, 0.3) is 0 Å². The van der Waals surface area contributed by atoms with Gasteiger partial charge in [-0.2, -0.15) is 4.98 Å². The van der Waals surface area contributed by atoms with E-state index in [0.29, 0.717) is 21.0 Å². The van der Waals surface area contributed by atoms with E-state index in [-0.39, 0.29) is 0 Å². The highest BCUT2D eigenvalue weighted by Gasteiger charge is 2.60. The SMILES string of the molecule is CC12CC3CC(C)(C1)CC(Cc1nc(Br)no1)(C3)C2. The molecule has 0 radical (unpaired) electrons. The number of hydrogen-bond acceptors (Lipinski definition) is 3. The maximum absolute atomic E-state index is 5.36. The Morgan fingerprint density at radius 3 is 2.37 bits per heavy atom. The molecular formula is C15H21BrN2O. The highest BCUT2D eigenvalue weighted by Crippen LogP contribution is 2.70. The Morgan fingerprint density at radius 2 is 1.84 bits per heavy atom. The minimum atomic E-state index is 0.425. The van der Waals surface area contributed by atoms with Gasteiger partial charge in [0.1, 0.15) is 0 Å². The Bertz CT molecular complexity index is 508. The maximum Gasteiger partial charge on any atom is 0.238 e. The zero-order chi connectivity index (χ0) is 13.3. The second-order valence-electron chi connectivity index (χ2n) is 8.26. The van der Waals surface area contributed by atoms with Gasteiger partial charge in [-0.3, -0.25) is 0 Å². The summed E-state index contributed by atoms with van der Waals surface area (Å²) in [6, 6.07) is 0. The average molecular weight is 325 g/mol. The second-order valence-corrected chi connectivity index (χ2v) is 8.97. The molecule has 2 atom stereocenters. The summed E-state index contributed by atoms with van der Waals surface area (Å²) >= 11 is 3.29. The third-order valence-electron chi connectivity index (χ3n) is 5.71. The zero-order valence-corrected chi connectivity index (χ0v) is 13.3. The molecule has 0 N–H and O–H groups in total. The molecule has 4 heteroatoms. The molecule has 4 bridgehead atoms. The van der Waals surface area contributed by atoms with Crippen LogP contribution >= 0.6 is 15.9 Å². The largest absolute Gasteiger partial charge is 0.338 e. The molecule has 2 unspecified atom stereocenters. The van der Waals surface area contributed by atoms with Crippen LogP contribution in [0.5, 0.6) is 0 Å². The van der Waals surface area contributed by atoms with Crippen LogP contribution in [0.3, 0.4) is 0 Å². The first-order valence-corrected chi connectivity index (χ1v) is 8.15. The molecule has 3 nitrogen and oxygen atoms in total. The van der Waals surface area contributed by atoms with E-state index in [1.165, 1.54) is 38.5 Å². The Kier molecular flexibility index (Phi) is 2.36. The standard InChI is InChI=1S/C15H21BrN2O/c1-13-3-10-4-14(2,7-13)9-15(5-10,8-13)6-11-17-12(16)18-19-11/h10H,3-9H2,1-2H3. The second kappa shape index (κ2) is 3.63. The van der Waals surface area contributed by atoms with Gasteiger partial charge in [0.2, 0.25) is 10.6 Å². The predicted octanol–water partition coefficient (Wildman–Crippen LogP) is 4.37. The normalized spacial score (nSPS) is 47.8. The molecule has 0 aliphatic heterocycles. The third-order valence-corrected chi connectivity index (χ3v) is 6.03. The van der Waals surface area contributed by atoms with Gasteiger partial charge in [0, 0.05) is 6.42 Å². The molecule has 0 amide bonds. The number of hydrogen-bond donors (Lipinski definition) is 0. The lowest BCUT2D eigenvalue weighted by molar-refractivity contribution is -0.146. The summed E-state index contributed by atoms with van der Waals surface area (Å²) in [6.07, 6.45) is 9.37. The summed E-state index contributed by atoms with van der Waals surface area (Å²) in [6.45, 7) is 5.02. The molecule has 0 saturated heterocycles. The smallest absolute Gasteiger partial charge is 0.238 e. The van der Waals surface area contributed by atoms with Crippen molar-refractivity contribution in [1.29, 1.82) is 0 Å². The van der Waals surface area contributed by atoms with Crippen molar-refractivity contribution < 1.29 is 4.52 Å². The van der Waals surface area contributed by atoms with E-state index in [0.717, 1.165) is 18.2 Å². The van der Waals surface area contributed by atoms with Crippen LogP contribution in [-0.2, 0) is 6.42 Å². The third kappa shape index (κ3) is 1.98. The fourth-order valence-corrected chi connectivity index (χ4v) is 6.78. The highest BCUT2D eigenvalue weighted by atomic mass is 79.9. The molecule has 5 rings (SSSR count). The summed E-state index contributed by atoms with van der Waals surface area (Å²) in [5.41, 5.74) is 1.55. The molecule has 0 aromatic carbocycles. The van der Waals surface area contributed by atoms with Gasteiger partial charge < -0.3 is 4.52 Å². The Labute approximate surface area is 122 Å². The Morgan fingerprint density at radius 1 is 1.16 bits per heavy atom. The summed E-state index contributed by atoms with van der Waals surface area (Å²) < 4.78 is 5.95. The van der Waals surface area contributed by atoms with E-state index in [9.17, 15) is 0 Å². The van der Waals surface area contributed by atoms with Crippen LogP contribution < -0.4 is 0 Å². The molecule has 104 valence electrons. The summed E-state index contributed by atoms with van der Waals surface area (Å²) in [4.78, 5) is 4.37. The van der Waals surface area contributed by atoms with Crippen LogP contribution in [0, 0.1) is 22.2 Å². The van der Waals surface area contributed by atoms with Gasteiger partial charge in [0.25, 0.3) is 0 Å². The lowest BCUT2D eigenvalue weighted by Crippen LogP contribution is -2.55. The number of nitrogens with zero attached hydrogens (tertiary/aromatic N) is 2. The van der Waals surface area contributed by atoms with Crippen molar-refractivity contribution in [3.8, 4) is 0 Å². The summed E-state index contributed by atoms with van der Waals surface area (Å²) in [5, 5.41) is 3.88. The van der Waals surface area contributed by atoms with Gasteiger partial charge in [0.15, 0.2) is 0 Å². The Hall–Kier alpha value is -0.380. The van der Waals surface area contributed by atoms with E-state index >= 15 is 0 Å². The van der Waals surface area contributed by atoms with Crippen molar-refractivity contribution in [2.45, 2.75) is 58.8 Å². The molecule has 1 aromatic heterocycles. The minimum Gasteiger partial charge on any atom is -0.338 e. The van der Waals surface area contributed by atoms with Gasteiger partial charge in [0.05, 0.1) is 0 Å². The van der Waals surface area contributed by atoms with Crippen molar-refractivity contribution in [3.63, 3.8) is 0 Å². The first-order chi connectivity index (χ1) is 8.88. The van der Waals surface area contributed by atoms with E-state index in [2.05, 4.69) is 39.9 Å². The maximum atomic E-state index is 5.36. The average Bonchev–Trinajstić information content (AvgIpc) is 2.56. The first kappa shape index (κ1) is 12.4. The van der Waals surface area contributed by atoms with Crippen LogP contribution in [0.1, 0.15) is 58.3 Å². The van der Waals surface area contributed by atoms with Gasteiger partial charge >= 0.3 is 0 Å². The molecule has 4 aliphatic carbocycles. The quantitative estimate of drug-likeness (QED) is 0.810. The number of aromatic nitrogens is 2. The predicted molar refractivity (Wildman–Crippen MR) is 75.5 cm³/mol. The van der Waals surface area contributed by atoms with Crippen molar-refractivity contribution >= 4 is 15.9 Å². The molecule has 4 aliphatic rings. The van der Waals surface area contributed by atoms with E-state index in [1.54, 1.807) is 0 Å². The van der Waals surface area contributed by atoms with Crippen molar-refractivity contribution in [2.24, 2.45) is 22.2 Å². The monoisotopic (exact) mass is 324 g/mol. The summed E-state index contributed by atoms with van der Waals surface area (Å²) in [7, 11) is 0. The molecule has 4 saturated carbocycles.